The summed E-state index contributed by atoms with van der Waals surface area (Å²) in [6.07, 6.45) is 15.5. The first kappa shape index (κ1) is 27.7. The lowest BCUT2D eigenvalue weighted by Gasteiger charge is -2.63. The van der Waals surface area contributed by atoms with Crippen molar-refractivity contribution in [2.45, 2.75) is 109 Å². The first-order valence-electron chi connectivity index (χ1n) is 16.1. The monoisotopic (exact) mass is 545 g/mol. The quantitative estimate of drug-likeness (QED) is 0.324. The Morgan fingerprint density at radius 1 is 0.949 bits per heavy atom. The lowest BCUT2D eigenvalue weighted by atomic mass is 9.42. The van der Waals surface area contributed by atoms with Crippen molar-refractivity contribution < 1.29 is 5.11 Å². The molecule has 0 radical (unpaired) electrons. The third kappa shape index (κ3) is 4.99. The Hall–Kier alpha value is -1.45. The first-order valence-corrected chi connectivity index (χ1v) is 16.9. The second kappa shape index (κ2) is 11.1. The van der Waals surface area contributed by atoms with Crippen LogP contribution in [-0.4, -0.2) is 11.2 Å². The van der Waals surface area contributed by atoms with Crippen LogP contribution in [0.2, 0.25) is 0 Å². The molecule has 0 aromatic heterocycles. The third-order valence-corrected chi connectivity index (χ3v) is 13.6. The lowest BCUT2D eigenvalue weighted by Crippen LogP contribution is -2.56. The molecular weight excluding hydrogens is 494 g/mol. The van der Waals surface area contributed by atoms with Gasteiger partial charge in [-0.2, -0.15) is 0 Å². The zero-order valence-electron chi connectivity index (χ0n) is 24.6. The number of hydrogen-bond donors (Lipinski definition) is 2. The van der Waals surface area contributed by atoms with Gasteiger partial charge in [0.15, 0.2) is 0 Å². The average molecular weight is 546 g/mol. The summed E-state index contributed by atoms with van der Waals surface area (Å²) in [5, 5.41) is 13.1. The van der Waals surface area contributed by atoms with Crippen molar-refractivity contribution in [3.8, 4) is 0 Å². The normalized spacial score (nSPS) is 39.5. The van der Waals surface area contributed by atoms with Crippen molar-refractivity contribution in [2.75, 3.05) is 0 Å². The second-order valence-corrected chi connectivity index (χ2v) is 15.2. The maximum Gasteiger partial charge on any atom is 0.0543 e. The van der Waals surface area contributed by atoms with E-state index in [1.165, 1.54) is 73.5 Å². The minimum absolute atomic E-state index is 0.0481. The van der Waals surface area contributed by atoms with E-state index in [9.17, 15) is 5.11 Å². The van der Waals surface area contributed by atoms with Crippen molar-refractivity contribution in [3.05, 3.63) is 54.7 Å². The van der Waals surface area contributed by atoms with E-state index in [4.69, 9.17) is 0 Å². The van der Waals surface area contributed by atoms with E-state index in [1.807, 2.05) is 0 Å². The van der Waals surface area contributed by atoms with Gasteiger partial charge in [0.1, 0.15) is 0 Å². The summed E-state index contributed by atoms with van der Waals surface area (Å²) in [5.41, 5.74) is 2.16. The average Bonchev–Trinajstić information content (AvgIpc) is 3.28. The Morgan fingerprint density at radius 3 is 2.56 bits per heavy atom. The Bertz CT molecular complexity index is 1170. The Morgan fingerprint density at radius 2 is 1.72 bits per heavy atom. The van der Waals surface area contributed by atoms with Gasteiger partial charge in [-0.25, -0.2) is 0 Å². The summed E-state index contributed by atoms with van der Waals surface area (Å²) in [7, 11) is 0. The van der Waals surface area contributed by atoms with Crippen LogP contribution in [0.3, 0.4) is 0 Å². The minimum atomic E-state index is -0.0481. The molecule has 0 bridgehead atoms. The number of hydrogen-bond acceptors (Lipinski definition) is 3. The molecule has 2 aromatic rings. The molecule has 2 N–H and O–H groups in total. The molecule has 9 atom stereocenters. The highest BCUT2D eigenvalue weighted by molar-refractivity contribution is 7.97. The van der Waals surface area contributed by atoms with Crippen LogP contribution < -0.4 is 4.72 Å². The van der Waals surface area contributed by atoms with Crippen molar-refractivity contribution in [2.24, 2.45) is 46.3 Å². The van der Waals surface area contributed by atoms with E-state index in [0.717, 1.165) is 60.5 Å². The highest BCUT2D eigenvalue weighted by atomic mass is 32.2. The summed E-state index contributed by atoms with van der Waals surface area (Å²) in [4.78, 5) is 1.28. The summed E-state index contributed by atoms with van der Waals surface area (Å²) in [5.74, 6) is 5.18. The molecule has 212 valence electrons. The molecule has 3 heteroatoms. The highest BCUT2D eigenvalue weighted by Gasteiger charge is 2.61. The van der Waals surface area contributed by atoms with Gasteiger partial charge in [-0.05, 0) is 146 Å². The van der Waals surface area contributed by atoms with E-state index < -0.39 is 0 Å². The number of nitrogens with one attached hydrogen (secondary N) is 1. The van der Waals surface area contributed by atoms with Crippen LogP contribution in [0.15, 0.2) is 59.6 Å². The minimum Gasteiger partial charge on any atom is -0.393 e. The molecule has 4 unspecified atom stereocenters. The fourth-order valence-corrected chi connectivity index (χ4v) is 11.3. The van der Waals surface area contributed by atoms with E-state index in [0.29, 0.717) is 10.8 Å². The van der Waals surface area contributed by atoms with Gasteiger partial charge in [-0.3, -0.25) is 0 Å². The third-order valence-electron chi connectivity index (χ3n) is 12.6. The molecule has 4 aliphatic rings. The Balaban J connectivity index is 1.05. The highest BCUT2D eigenvalue weighted by Crippen LogP contribution is 2.69. The SMILES string of the molecule is C=C(CCCC1CCC2[C@@H]3C[C@H](CC)[C@@H]4C[C@H](O)CC[C@]4(C)C3CCC12C)NSc1cccc2ccccc12. The topological polar surface area (TPSA) is 32.3 Å². The van der Waals surface area contributed by atoms with Gasteiger partial charge in [0.05, 0.1) is 6.10 Å². The zero-order valence-corrected chi connectivity index (χ0v) is 25.4. The predicted molar refractivity (Wildman–Crippen MR) is 166 cm³/mol. The van der Waals surface area contributed by atoms with Crippen molar-refractivity contribution >= 4 is 22.7 Å². The number of aliphatic hydroxyl groups is 1. The smallest absolute Gasteiger partial charge is 0.0543 e. The first-order chi connectivity index (χ1) is 18.8. The van der Waals surface area contributed by atoms with Crippen LogP contribution >= 0.6 is 11.9 Å². The summed E-state index contributed by atoms with van der Waals surface area (Å²) in [6.45, 7) is 12.1. The van der Waals surface area contributed by atoms with Crippen LogP contribution in [0.5, 0.6) is 0 Å². The van der Waals surface area contributed by atoms with E-state index in [2.05, 4.69) is 74.5 Å². The number of benzene rings is 2. The molecule has 2 nitrogen and oxygen atoms in total. The zero-order chi connectivity index (χ0) is 27.2. The van der Waals surface area contributed by atoms with Crippen LogP contribution in [0.1, 0.15) is 97.8 Å². The van der Waals surface area contributed by atoms with E-state index in [-0.39, 0.29) is 6.10 Å². The fourth-order valence-electron chi connectivity index (χ4n) is 10.5. The van der Waals surface area contributed by atoms with Crippen LogP contribution in [0, 0.1) is 46.3 Å². The molecule has 4 aliphatic carbocycles. The summed E-state index contributed by atoms with van der Waals surface area (Å²) < 4.78 is 3.57. The molecule has 4 fully saturated rings. The van der Waals surface area contributed by atoms with E-state index in [1.54, 1.807) is 11.9 Å². The standard InChI is InChI=1S/C36H51NOS/c1-5-25-22-30-31-17-16-27(35(31,3)21-19-32(30)36(4)20-18-28(38)23-33(25)36)13-8-10-24(2)37-39-34-15-9-12-26-11-6-7-14-29(26)34/h6-7,9,11-12,14-15,25,27-28,30-33,37-38H,2,5,8,10,13,16-23H2,1,3-4H3/t25-,27?,28+,30-,31?,32?,33-,35?,36+/m0/s1. The van der Waals surface area contributed by atoms with Crippen LogP contribution in [0.25, 0.3) is 10.8 Å². The predicted octanol–water partition coefficient (Wildman–Crippen LogP) is 9.78. The molecule has 0 heterocycles. The molecule has 2 aromatic carbocycles. The second-order valence-electron chi connectivity index (χ2n) is 14.3. The molecule has 0 aliphatic heterocycles. The maximum absolute atomic E-state index is 10.5. The van der Waals surface area contributed by atoms with Gasteiger partial charge in [0.2, 0.25) is 0 Å². The molecule has 0 saturated heterocycles. The summed E-state index contributed by atoms with van der Waals surface area (Å²) >= 11 is 1.72. The maximum atomic E-state index is 10.5. The number of aliphatic hydroxyl groups excluding tert-OH is 1. The molecule has 0 amide bonds. The number of rotatable bonds is 8. The lowest BCUT2D eigenvalue weighted by molar-refractivity contribution is -0.150. The van der Waals surface area contributed by atoms with Crippen LogP contribution in [-0.2, 0) is 0 Å². The van der Waals surface area contributed by atoms with Gasteiger partial charge in [0, 0.05) is 10.6 Å². The van der Waals surface area contributed by atoms with Gasteiger partial charge >= 0.3 is 0 Å². The van der Waals surface area contributed by atoms with Gasteiger partial charge in [-0.15, -0.1) is 0 Å². The molecule has 4 saturated carbocycles. The number of fused-ring (bicyclic) bond motifs is 6. The largest absolute Gasteiger partial charge is 0.393 e. The molecule has 39 heavy (non-hydrogen) atoms. The van der Waals surface area contributed by atoms with Crippen LogP contribution in [0.4, 0.5) is 0 Å². The molecule has 6 rings (SSSR count). The van der Waals surface area contributed by atoms with Gasteiger partial charge in [-0.1, -0.05) is 70.2 Å². The fraction of sp³-hybridized carbons (Fsp3) is 0.667. The number of allylic oxidation sites excluding steroid dienone is 1. The Labute approximate surface area is 241 Å². The molecular formula is C36H51NOS. The Kier molecular flexibility index (Phi) is 7.88. The van der Waals surface area contributed by atoms with Crippen molar-refractivity contribution in [1.82, 2.24) is 4.72 Å². The van der Waals surface area contributed by atoms with E-state index >= 15 is 0 Å². The van der Waals surface area contributed by atoms with Crippen molar-refractivity contribution in [1.29, 1.82) is 0 Å². The summed E-state index contributed by atoms with van der Waals surface area (Å²) in [6, 6.07) is 15.2. The van der Waals surface area contributed by atoms with Gasteiger partial charge < -0.3 is 9.83 Å². The van der Waals surface area contributed by atoms with Gasteiger partial charge in [0.25, 0.3) is 0 Å². The molecule has 0 spiro atoms. The van der Waals surface area contributed by atoms with Crippen molar-refractivity contribution in [3.63, 3.8) is 0 Å².